The summed E-state index contributed by atoms with van der Waals surface area (Å²) in [5.74, 6) is -4.08. The van der Waals surface area contributed by atoms with Crippen LogP contribution in [0.5, 0.6) is 0 Å². The SMILES string of the molecule is CC1(C)CC(=O)C(C(=O)Nc2ccc(C(F)(F)F)cc2)C(=O)O1. The minimum absolute atomic E-state index is 0.0495. The van der Waals surface area contributed by atoms with Gasteiger partial charge >= 0.3 is 12.1 Å². The maximum absolute atomic E-state index is 12.5. The second kappa shape index (κ2) is 5.68. The third-order valence-corrected chi connectivity index (χ3v) is 3.28. The molecule has 0 saturated carbocycles. The molecule has 1 aliphatic rings. The fourth-order valence-corrected chi connectivity index (χ4v) is 2.23. The number of halogens is 3. The van der Waals surface area contributed by atoms with Gasteiger partial charge in [-0.05, 0) is 38.1 Å². The second-order valence-corrected chi connectivity index (χ2v) is 5.82. The lowest BCUT2D eigenvalue weighted by atomic mass is 9.89. The number of hydrogen-bond acceptors (Lipinski definition) is 4. The first-order chi connectivity index (χ1) is 10.5. The van der Waals surface area contributed by atoms with E-state index in [0.717, 1.165) is 24.3 Å². The Morgan fingerprint density at radius 3 is 2.26 bits per heavy atom. The average molecular weight is 329 g/mol. The smallest absolute Gasteiger partial charge is 0.416 e. The lowest BCUT2D eigenvalue weighted by Crippen LogP contribution is -2.48. The van der Waals surface area contributed by atoms with E-state index in [4.69, 9.17) is 4.74 Å². The van der Waals surface area contributed by atoms with E-state index in [1.807, 2.05) is 0 Å². The molecule has 1 fully saturated rings. The van der Waals surface area contributed by atoms with Gasteiger partial charge in [-0.2, -0.15) is 13.2 Å². The van der Waals surface area contributed by atoms with E-state index in [-0.39, 0.29) is 12.1 Å². The monoisotopic (exact) mass is 329 g/mol. The number of nitrogens with one attached hydrogen (secondary N) is 1. The molecule has 1 aliphatic heterocycles. The van der Waals surface area contributed by atoms with Crippen LogP contribution in [0.3, 0.4) is 0 Å². The highest BCUT2D eigenvalue weighted by atomic mass is 19.4. The molecule has 0 bridgehead atoms. The second-order valence-electron chi connectivity index (χ2n) is 5.82. The molecule has 0 aromatic heterocycles. The van der Waals surface area contributed by atoms with Crippen molar-refractivity contribution in [1.29, 1.82) is 0 Å². The third kappa shape index (κ3) is 3.88. The van der Waals surface area contributed by atoms with Crippen LogP contribution in [0.1, 0.15) is 25.8 Å². The Hall–Kier alpha value is -2.38. The fraction of sp³-hybridized carbons (Fsp3) is 0.400. The van der Waals surface area contributed by atoms with Crippen LogP contribution in [0.2, 0.25) is 0 Å². The number of ether oxygens (including phenoxy) is 1. The summed E-state index contributed by atoms with van der Waals surface area (Å²) in [6.45, 7) is 3.10. The van der Waals surface area contributed by atoms with E-state index in [9.17, 15) is 27.6 Å². The van der Waals surface area contributed by atoms with Crippen LogP contribution in [0.15, 0.2) is 24.3 Å². The first-order valence-corrected chi connectivity index (χ1v) is 6.73. The summed E-state index contributed by atoms with van der Waals surface area (Å²) in [6.07, 6.45) is -4.60. The lowest BCUT2D eigenvalue weighted by molar-refractivity contribution is -0.174. The molecule has 1 N–H and O–H groups in total. The standard InChI is InChI=1S/C15H14F3NO4/c1-14(2)7-10(20)11(13(22)23-14)12(21)19-9-5-3-8(4-6-9)15(16,17)18/h3-6,11H,7H2,1-2H3,(H,19,21). The molecule has 1 aromatic rings. The first-order valence-electron chi connectivity index (χ1n) is 6.73. The van der Waals surface area contributed by atoms with Gasteiger partial charge in [0.15, 0.2) is 11.7 Å². The van der Waals surface area contributed by atoms with Crippen LogP contribution in [-0.4, -0.2) is 23.3 Å². The van der Waals surface area contributed by atoms with E-state index in [0.29, 0.717) is 0 Å². The van der Waals surface area contributed by atoms with Crippen LogP contribution in [-0.2, 0) is 25.3 Å². The number of Topliss-reactive ketones (excluding diaryl/α,β-unsaturated/α-hetero) is 1. The average Bonchev–Trinajstić information content (AvgIpc) is 2.35. The minimum atomic E-state index is -4.49. The zero-order valence-corrected chi connectivity index (χ0v) is 12.4. The van der Waals surface area contributed by atoms with Gasteiger partial charge in [0.2, 0.25) is 5.91 Å². The Morgan fingerprint density at radius 2 is 1.78 bits per heavy atom. The summed E-state index contributed by atoms with van der Waals surface area (Å²) in [4.78, 5) is 35.7. The molecule has 8 heteroatoms. The van der Waals surface area contributed by atoms with Crippen LogP contribution in [0, 0.1) is 5.92 Å². The summed E-state index contributed by atoms with van der Waals surface area (Å²) < 4.78 is 42.4. The molecule has 23 heavy (non-hydrogen) atoms. The van der Waals surface area contributed by atoms with E-state index < -0.39 is 40.9 Å². The van der Waals surface area contributed by atoms with E-state index >= 15 is 0 Å². The molecule has 1 heterocycles. The molecular formula is C15H14F3NO4. The highest BCUT2D eigenvalue weighted by molar-refractivity contribution is 6.21. The molecule has 5 nitrogen and oxygen atoms in total. The maximum atomic E-state index is 12.5. The number of anilines is 1. The highest BCUT2D eigenvalue weighted by Gasteiger charge is 2.45. The fourth-order valence-electron chi connectivity index (χ4n) is 2.23. The Labute approximate surface area is 129 Å². The number of hydrogen-bond donors (Lipinski definition) is 1. The van der Waals surface area contributed by atoms with Crippen molar-refractivity contribution in [1.82, 2.24) is 0 Å². The van der Waals surface area contributed by atoms with Gasteiger partial charge < -0.3 is 10.1 Å². The van der Waals surface area contributed by atoms with Crippen LogP contribution >= 0.6 is 0 Å². The van der Waals surface area contributed by atoms with Gasteiger partial charge in [-0.25, -0.2) is 0 Å². The van der Waals surface area contributed by atoms with E-state index in [2.05, 4.69) is 5.32 Å². The summed E-state index contributed by atoms with van der Waals surface area (Å²) in [7, 11) is 0. The first kappa shape index (κ1) is 17.0. The molecule has 2 rings (SSSR count). The van der Waals surface area contributed by atoms with Gasteiger partial charge in [-0.3, -0.25) is 14.4 Å². The Kier molecular flexibility index (Phi) is 4.19. The number of ketones is 1. The molecule has 0 spiro atoms. The number of amides is 1. The van der Waals surface area contributed by atoms with Gasteiger partial charge in [0, 0.05) is 12.1 Å². The number of benzene rings is 1. The maximum Gasteiger partial charge on any atom is 0.416 e. The normalized spacial score (nSPS) is 20.8. The van der Waals surface area contributed by atoms with Crippen molar-refractivity contribution in [3.05, 3.63) is 29.8 Å². The van der Waals surface area contributed by atoms with Gasteiger partial charge in [-0.1, -0.05) is 0 Å². The number of cyclic esters (lactones) is 1. The number of carbonyl (C=O) groups excluding carboxylic acids is 3. The number of alkyl halides is 3. The quantitative estimate of drug-likeness (QED) is 0.668. The number of carbonyl (C=O) groups is 3. The van der Waals surface area contributed by atoms with Crippen molar-refractivity contribution in [3.8, 4) is 0 Å². The molecule has 1 saturated heterocycles. The van der Waals surface area contributed by atoms with Crippen molar-refractivity contribution < 1.29 is 32.3 Å². The van der Waals surface area contributed by atoms with Crippen LogP contribution < -0.4 is 5.32 Å². The summed E-state index contributed by atoms with van der Waals surface area (Å²) >= 11 is 0. The van der Waals surface area contributed by atoms with Gasteiger partial charge in [0.05, 0.1) is 5.56 Å². The van der Waals surface area contributed by atoms with Crippen molar-refractivity contribution >= 4 is 23.3 Å². The Morgan fingerprint density at radius 1 is 1.22 bits per heavy atom. The zero-order valence-electron chi connectivity index (χ0n) is 12.4. The molecule has 124 valence electrons. The van der Waals surface area contributed by atoms with Gasteiger partial charge in [0.25, 0.3) is 0 Å². The molecule has 1 aromatic carbocycles. The van der Waals surface area contributed by atoms with Crippen LogP contribution in [0.4, 0.5) is 18.9 Å². The highest BCUT2D eigenvalue weighted by Crippen LogP contribution is 2.30. The Balaban J connectivity index is 2.10. The molecular weight excluding hydrogens is 315 g/mol. The predicted octanol–water partition coefficient (Wildman–Crippen LogP) is 2.55. The Bertz CT molecular complexity index is 630. The van der Waals surface area contributed by atoms with Crippen LogP contribution in [0.25, 0.3) is 0 Å². The third-order valence-electron chi connectivity index (χ3n) is 3.28. The molecule has 0 aliphatic carbocycles. The topological polar surface area (TPSA) is 72.5 Å². The van der Waals surface area contributed by atoms with E-state index in [1.165, 1.54) is 0 Å². The van der Waals surface area contributed by atoms with E-state index in [1.54, 1.807) is 13.8 Å². The minimum Gasteiger partial charge on any atom is -0.458 e. The number of rotatable bonds is 2. The lowest BCUT2D eigenvalue weighted by Gasteiger charge is -2.32. The summed E-state index contributed by atoms with van der Waals surface area (Å²) in [6, 6.07) is 3.67. The van der Waals surface area contributed by atoms with Crippen molar-refractivity contribution in [2.75, 3.05) is 5.32 Å². The van der Waals surface area contributed by atoms with Crippen molar-refractivity contribution in [2.24, 2.45) is 5.92 Å². The summed E-state index contributed by atoms with van der Waals surface area (Å²) in [5, 5.41) is 2.25. The summed E-state index contributed by atoms with van der Waals surface area (Å²) in [5.41, 5.74) is -1.79. The van der Waals surface area contributed by atoms with Gasteiger partial charge in [-0.15, -0.1) is 0 Å². The largest absolute Gasteiger partial charge is 0.458 e. The number of esters is 1. The van der Waals surface area contributed by atoms with Crippen molar-refractivity contribution in [2.45, 2.75) is 32.0 Å². The molecule has 1 atom stereocenters. The molecule has 0 radical (unpaired) electrons. The van der Waals surface area contributed by atoms with Gasteiger partial charge in [0.1, 0.15) is 5.60 Å². The van der Waals surface area contributed by atoms with Crippen molar-refractivity contribution in [3.63, 3.8) is 0 Å². The zero-order chi connectivity index (χ0) is 17.4. The molecule has 1 unspecified atom stereocenters. The predicted molar refractivity (Wildman–Crippen MR) is 73.4 cm³/mol. The molecule has 1 amide bonds.